The van der Waals surface area contributed by atoms with Crippen LogP contribution < -0.4 is 16.0 Å². The van der Waals surface area contributed by atoms with Crippen LogP contribution in [0.4, 0.5) is 4.39 Å². The van der Waals surface area contributed by atoms with Crippen LogP contribution in [0.15, 0.2) is 60.7 Å². The first kappa shape index (κ1) is 24.4. The van der Waals surface area contributed by atoms with Gasteiger partial charge in [-0.15, -0.1) is 0 Å². The van der Waals surface area contributed by atoms with Crippen molar-refractivity contribution < 1.29 is 9.18 Å². The molecule has 1 atom stereocenters. The lowest BCUT2D eigenvalue weighted by molar-refractivity contribution is 0.0974. The summed E-state index contributed by atoms with van der Waals surface area (Å²) in [6, 6.07) is 18.8. The van der Waals surface area contributed by atoms with Crippen molar-refractivity contribution in [3.63, 3.8) is 0 Å². The lowest BCUT2D eigenvalue weighted by atomic mass is 9.96. The number of rotatable bonds is 10. The Morgan fingerprint density at radius 2 is 1.79 bits per heavy atom. The van der Waals surface area contributed by atoms with E-state index >= 15 is 0 Å². The molecule has 3 aromatic rings. The van der Waals surface area contributed by atoms with Gasteiger partial charge in [0.1, 0.15) is 5.82 Å². The lowest BCUT2D eigenvalue weighted by Crippen LogP contribution is -2.44. The van der Waals surface area contributed by atoms with Crippen molar-refractivity contribution in [2.24, 2.45) is 0 Å². The summed E-state index contributed by atoms with van der Waals surface area (Å²) in [5, 5.41) is 19.2. The molecule has 1 amide bonds. The lowest BCUT2D eigenvalue weighted by Gasteiger charge is -2.17. The minimum Gasteiger partial charge on any atom is -0.354 e. The summed E-state index contributed by atoms with van der Waals surface area (Å²) >= 11 is 0. The molecule has 0 heterocycles. The van der Waals surface area contributed by atoms with Crippen molar-refractivity contribution in [3.8, 4) is 0 Å². The fourth-order valence-corrected chi connectivity index (χ4v) is 4.04. The normalized spacial score (nSPS) is 11.8. The maximum Gasteiger partial charge on any atom is 0.258 e. The van der Waals surface area contributed by atoms with Gasteiger partial charge in [-0.05, 0) is 74.2 Å². The van der Waals surface area contributed by atoms with Gasteiger partial charge in [-0.2, -0.15) is 0 Å². The van der Waals surface area contributed by atoms with Crippen LogP contribution in [0.5, 0.6) is 0 Å². The summed E-state index contributed by atoms with van der Waals surface area (Å²) in [6.07, 6.45) is 2.86. The third-order valence-corrected chi connectivity index (χ3v) is 5.76. The van der Waals surface area contributed by atoms with Crippen LogP contribution in [0.1, 0.15) is 48.2 Å². The second-order valence-corrected chi connectivity index (χ2v) is 8.27. The highest BCUT2D eigenvalue weighted by Gasteiger charge is 2.17. The topological polar surface area (TPSA) is 77.0 Å². The molecule has 0 aliphatic carbocycles. The van der Waals surface area contributed by atoms with Gasteiger partial charge in [0.2, 0.25) is 0 Å². The minimum absolute atomic E-state index is 0.0507. The van der Waals surface area contributed by atoms with Gasteiger partial charge in [0.25, 0.3) is 5.91 Å². The van der Waals surface area contributed by atoms with Gasteiger partial charge >= 0.3 is 0 Å². The molecule has 0 aliphatic heterocycles. The molecule has 0 radical (unpaired) electrons. The van der Waals surface area contributed by atoms with Crippen molar-refractivity contribution in [3.05, 3.63) is 83.2 Å². The number of carbonyl (C=O) groups is 1. The van der Waals surface area contributed by atoms with Gasteiger partial charge in [-0.25, -0.2) is 4.39 Å². The molecular formula is C27H33FN4O. The largest absolute Gasteiger partial charge is 0.354 e. The number of benzene rings is 3. The van der Waals surface area contributed by atoms with E-state index in [1.54, 1.807) is 6.07 Å². The first-order chi connectivity index (χ1) is 16.0. The Kier molecular flexibility index (Phi) is 8.95. The predicted molar refractivity (Wildman–Crippen MR) is 133 cm³/mol. The SMILES string of the molecule is CCNCCCC(C)NC(=N)NC(=O)c1cccc(F)c1CCc1cccc2ccccc12. The Labute approximate surface area is 195 Å². The van der Waals surface area contributed by atoms with E-state index < -0.39 is 11.7 Å². The standard InChI is InChI=1S/C27H33FN4O/c1-3-30-18-8-9-19(2)31-27(29)32-26(33)24-14-7-15-25(28)23(24)17-16-21-12-6-11-20-10-4-5-13-22(20)21/h4-7,10-15,19,30H,3,8-9,16-18H2,1-2H3,(H3,29,31,32,33). The van der Waals surface area contributed by atoms with E-state index in [1.807, 2.05) is 31.2 Å². The number of halogens is 1. The molecule has 3 rings (SSSR count). The van der Waals surface area contributed by atoms with E-state index in [9.17, 15) is 9.18 Å². The third-order valence-electron chi connectivity index (χ3n) is 5.76. The van der Waals surface area contributed by atoms with Crippen LogP contribution in [0, 0.1) is 11.2 Å². The second kappa shape index (κ2) is 12.1. The zero-order chi connectivity index (χ0) is 23.6. The zero-order valence-electron chi connectivity index (χ0n) is 19.4. The second-order valence-electron chi connectivity index (χ2n) is 8.27. The fourth-order valence-electron chi connectivity index (χ4n) is 4.04. The molecule has 0 aromatic heterocycles. The summed E-state index contributed by atoms with van der Waals surface area (Å²) in [6.45, 7) is 5.90. The average Bonchev–Trinajstić information content (AvgIpc) is 2.80. The summed E-state index contributed by atoms with van der Waals surface area (Å²) in [4.78, 5) is 12.9. The summed E-state index contributed by atoms with van der Waals surface area (Å²) in [7, 11) is 0. The molecule has 0 bridgehead atoms. The molecule has 0 aliphatic rings. The van der Waals surface area contributed by atoms with Crippen molar-refractivity contribution >= 4 is 22.6 Å². The molecule has 1 unspecified atom stereocenters. The Morgan fingerprint density at radius 3 is 2.61 bits per heavy atom. The number of hydrogen-bond donors (Lipinski definition) is 4. The van der Waals surface area contributed by atoms with Crippen molar-refractivity contribution in [2.45, 2.75) is 45.6 Å². The van der Waals surface area contributed by atoms with Crippen LogP contribution >= 0.6 is 0 Å². The summed E-state index contributed by atoms with van der Waals surface area (Å²) in [5.41, 5.74) is 1.75. The molecule has 4 N–H and O–H groups in total. The Morgan fingerprint density at radius 1 is 1.03 bits per heavy atom. The molecule has 0 saturated heterocycles. The van der Waals surface area contributed by atoms with Crippen molar-refractivity contribution in [1.82, 2.24) is 16.0 Å². The van der Waals surface area contributed by atoms with Crippen LogP contribution in [0.2, 0.25) is 0 Å². The maximum atomic E-state index is 14.7. The van der Waals surface area contributed by atoms with E-state index in [4.69, 9.17) is 5.41 Å². The minimum atomic E-state index is -0.472. The van der Waals surface area contributed by atoms with E-state index in [0.717, 1.165) is 42.3 Å². The Balaban J connectivity index is 1.65. The van der Waals surface area contributed by atoms with Crippen LogP contribution in [-0.4, -0.2) is 31.0 Å². The number of nitrogens with one attached hydrogen (secondary N) is 4. The smallest absolute Gasteiger partial charge is 0.258 e. The van der Waals surface area contributed by atoms with E-state index in [-0.39, 0.29) is 17.6 Å². The van der Waals surface area contributed by atoms with Crippen LogP contribution in [-0.2, 0) is 12.8 Å². The van der Waals surface area contributed by atoms with Crippen molar-refractivity contribution in [1.29, 1.82) is 5.41 Å². The molecular weight excluding hydrogens is 415 g/mol. The molecule has 0 saturated carbocycles. The van der Waals surface area contributed by atoms with Gasteiger partial charge < -0.3 is 10.6 Å². The Hall–Kier alpha value is -3.25. The third kappa shape index (κ3) is 6.86. The number of aryl methyl sites for hydroxylation is 1. The highest BCUT2D eigenvalue weighted by molar-refractivity contribution is 6.05. The molecule has 3 aromatic carbocycles. The quantitative estimate of drug-likeness (QED) is 0.204. The predicted octanol–water partition coefficient (Wildman–Crippen LogP) is 4.80. The van der Waals surface area contributed by atoms with E-state index in [0.29, 0.717) is 18.4 Å². The molecule has 0 spiro atoms. The number of guanidine groups is 1. The van der Waals surface area contributed by atoms with Gasteiger partial charge in [0, 0.05) is 17.2 Å². The number of fused-ring (bicyclic) bond motifs is 1. The molecule has 33 heavy (non-hydrogen) atoms. The van der Waals surface area contributed by atoms with E-state index in [2.05, 4.69) is 41.1 Å². The first-order valence-electron chi connectivity index (χ1n) is 11.6. The molecule has 5 nitrogen and oxygen atoms in total. The van der Waals surface area contributed by atoms with Gasteiger partial charge in [0.05, 0.1) is 0 Å². The van der Waals surface area contributed by atoms with Crippen LogP contribution in [0.25, 0.3) is 10.8 Å². The molecule has 174 valence electrons. The number of amides is 1. The monoisotopic (exact) mass is 448 g/mol. The number of carbonyl (C=O) groups excluding carboxylic acids is 1. The van der Waals surface area contributed by atoms with Crippen LogP contribution in [0.3, 0.4) is 0 Å². The number of hydrogen-bond acceptors (Lipinski definition) is 3. The van der Waals surface area contributed by atoms with Gasteiger partial charge in [0.15, 0.2) is 5.96 Å². The highest BCUT2D eigenvalue weighted by Crippen LogP contribution is 2.22. The summed E-state index contributed by atoms with van der Waals surface area (Å²) < 4.78 is 14.7. The Bertz CT molecular complexity index is 1090. The van der Waals surface area contributed by atoms with Gasteiger partial charge in [-0.3, -0.25) is 15.5 Å². The zero-order valence-corrected chi connectivity index (χ0v) is 19.4. The molecule has 6 heteroatoms. The first-order valence-corrected chi connectivity index (χ1v) is 11.6. The van der Waals surface area contributed by atoms with Crippen molar-refractivity contribution in [2.75, 3.05) is 13.1 Å². The van der Waals surface area contributed by atoms with Gasteiger partial charge in [-0.1, -0.05) is 55.5 Å². The average molecular weight is 449 g/mol. The highest BCUT2D eigenvalue weighted by atomic mass is 19.1. The fraction of sp³-hybridized carbons (Fsp3) is 0.333. The molecule has 0 fully saturated rings. The maximum absolute atomic E-state index is 14.7. The summed E-state index contributed by atoms with van der Waals surface area (Å²) in [5.74, 6) is -0.945. The van der Waals surface area contributed by atoms with E-state index in [1.165, 1.54) is 12.1 Å².